The molecule has 0 heterocycles. The Kier molecular flexibility index (Phi) is 5.97. The minimum absolute atomic E-state index is 0.237. The number of halogens is 1. The van der Waals surface area contributed by atoms with Gasteiger partial charge in [0.2, 0.25) is 0 Å². The van der Waals surface area contributed by atoms with Crippen molar-refractivity contribution in [1.29, 1.82) is 0 Å². The number of carboxylic acids is 1. The minimum atomic E-state index is -0.958. The Labute approximate surface area is 112 Å². The van der Waals surface area contributed by atoms with Crippen LogP contribution in [0.3, 0.4) is 0 Å². The largest absolute Gasteiger partial charge is 0.478 e. The van der Waals surface area contributed by atoms with E-state index in [9.17, 15) is 4.79 Å². The van der Waals surface area contributed by atoms with Crippen molar-refractivity contribution in [2.24, 2.45) is 0 Å². The summed E-state index contributed by atoms with van der Waals surface area (Å²) in [5, 5.41) is 26.6. The number of thioether (sulfide) groups is 1. The molecule has 0 saturated heterocycles. The average Bonchev–Trinajstić information content (AvgIpc) is 2.30. The van der Waals surface area contributed by atoms with E-state index in [2.05, 4.69) is 15.9 Å². The number of carbonyl (C=O) groups is 1. The number of hydrogen-bond donors (Lipinski definition) is 3. The van der Waals surface area contributed by atoms with E-state index in [4.69, 9.17) is 15.3 Å². The van der Waals surface area contributed by atoms with Crippen LogP contribution in [0.15, 0.2) is 22.7 Å². The molecule has 1 rings (SSSR count). The van der Waals surface area contributed by atoms with E-state index in [-0.39, 0.29) is 12.2 Å². The molecule has 3 N–H and O–H groups in total. The summed E-state index contributed by atoms with van der Waals surface area (Å²) in [4.78, 5) is 10.7. The van der Waals surface area contributed by atoms with Crippen LogP contribution in [0, 0.1) is 0 Å². The fourth-order valence-corrected chi connectivity index (χ4v) is 2.83. The van der Waals surface area contributed by atoms with Crippen LogP contribution in [0.4, 0.5) is 0 Å². The molecule has 4 nitrogen and oxygen atoms in total. The number of hydrogen-bond acceptors (Lipinski definition) is 4. The Balaban J connectivity index is 2.57. The maximum atomic E-state index is 10.7. The van der Waals surface area contributed by atoms with Gasteiger partial charge in [-0.15, -0.1) is 0 Å². The van der Waals surface area contributed by atoms with Crippen molar-refractivity contribution in [2.75, 3.05) is 12.4 Å². The highest BCUT2D eigenvalue weighted by molar-refractivity contribution is 9.10. The van der Waals surface area contributed by atoms with Gasteiger partial charge in [-0.25, -0.2) is 4.79 Å². The molecule has 0 aromatic heterocycles. The maximum absolute atomic E-state index is 10.7. The smallest absolute Gasteiger partial charge is 0.335 e. The highest BCUT2D eigenvalue weighted by Crippen LogP contribution is 2.23. The normalized spacial score (nSPS) is 12.4. The fraction of sp³-hybridized carbons (Fsp3) is 0.364. The zero-order chi connectivity index (χ0) is 12.8. The SMILES string of the molecule is O=C(O)c1ccc(CSCC(O)CO)c(Br)c1. The summed E-state index contributed by atoms with van der Waals surface area (Å²) in [5.74, 6) is 0.141. The highest BCUT2D eigenvalue weighted by Gasteiger charge is 2.08. The molecule has 0 radical (unpaired) electrons. The predicted molar refractivity (Wildman–Crippen MR) is 70.4 cm³/mol. The van der Waals surface area contributed by atoms with Crippen molar-refractivity contribution in [3.05, 3.63) is 33.8 Å². The number of aliphatic hydroxyl groups excluding tert-OH is 2. The molecule has 0 spiro atoms. The molecular weight excluding hydrogens is 308 g/mol. The Morgan fingerprint density at radius 2 is 2.18 bits per heavy atom. The van der Waals surface area contributed by atoms with Gasteiger partial charge in [0.15, 0.2) is 0 Å². The fourth-order valence-electron chi connectivity index (χ4n) is 1.16. The van der Waals surface area contributed by atoms with Crippen LogP contribution in [0.25, 0.3) is 0 Å². The highest BCUT2D eigenvalue weighted by atomic mass is 79.9. The summed E-state index contributed by atoms with van der Waals surface area (Å²) in [6, 6.07) is 4.85. The van der Waals surface area contributed by atoms with Crippen LogP contribution < -0.4 is 0 Å². The molecule has 1 atom stereocenters. The van der Waals surface area contributed by atoms with Crippen LogP contribution in [-0.4, -0.2) is 39.8 Å². The summed E-state index contributed by atoms with van der Waals surface area (Å²) in [7, 11) is 0. The van der Waals surface area contributed by atoms with E-state index < -0.39 is 12.1 Å². The molecule has 94 valence electrons. The van der Waals surface area contributed by atoms with Gasteiger partial charge in [-0.05, 0) is 17.7 Å². The number of aromatic carboxylic acids is 1. The van der Waals surface area contributed by atoms with Crippen LogP contribution in [0.1, 0.15) is 15.9 Å². The number of benzene rings is 1. The van der Waals surface area contributed by atoms with Gasteiger partial charge < -0.3 is 15.3 Å². The van der Waals surface area contributed by atoms with Gasteiger partial charge in [-0.1, -0.05) is 22.0 Å². The Bertz CT molecular complexity index is 397. The molecule has 0 aliphatic carbocycles. The Morgan fingerprint density at radius 3 is 2.71 bits per heavy atom. The van der Waals surface area contributed by atoms with Gasteiger partial charge in [-0.2, -0.15) is 11.8 Å². The third kappa shape index (κ3) is 4.67. The van der Waals surface area contributed by atoms with E-state index in [1.54, 1.807) is 18.2 Å². The lowest BCUT2D eigenvalue weighted by molar-refractivity contribution is 0.0697. The summed E-state index contributed by atoms with van der Waals surface area (Å²) in [5.41, 5.74) is 1.20. The lowest BCUT2D eigenvalue weighted by Gasteiger charge is -2.08. The molecule has 1 unspecified atom stereocenters. The monoisotopic (exact) mass is 320 g/mol. The molecule has 0 amide bonds. The zero-order valence-electron chi connectivity index (χ0n) is 8.97. The third-order valence-electron chi connectivity index (χ3n) is 2.08. The molecular formula is C11H13BrO4S. The van der Waals surface area contributed by atoms with Crippen molar-refractivity contribution < 1.29 is 20.1 Å². The first-order chi connectivity index (χ1) is 8.04. The van der Waals surface area contributed by atoms with E-state index in [0.29, 0.717) is 11.5 Å². The summed E-state index contributed by atoms with van der Waals surface area (Å²) in [6.07, 6.45) is -0.711. The quantitative estimate of drug-likeness (QED) is 0.744. The molecule has 0 aliphatic rings. The third-order valence-corrected chi connectivity index (χ3v) is 3.95. The molecule has 0 bridgehead atoms. The Hall–Kier alpha value is -0.560. The van der Waals surface area contributed by atoms with Crippen LogP contribution in [0.5, 0.6) is 0 Å². The van der Waals surface area contributed by atoms with E-state index in [0.717, 1.165) is 10.0 Å². The van der Waals surface area contributed by atoms with Crippen molar-refractivity contribution in [3.8, 4) is 0 Å². The van der Waals surface area contributed by atoms with Gasteiger partial charge in [0.05, 0.1) is 18.3 Å². The van der Waals surface area contributed by atoms with E-state index in [1.807, 2.05) is 0 Å². The van der Waals surface area contributed by atoms with Gasteiger partial charge in [-0.3, -0.25) is 0 Å². The van der Waals surface area contributed by atoms with Crippen LogP contribution >= 0.6 is 27.7 Å². The molecule has 0 fully saturated rings. The maximum Gasteiger partial charge on any atom is 0.335 e. The van der Waals surface area contributed by atoms with Crippen molar-refractivity contribution in [2.45, 2.75) is 11.9 Å². The van der Waals surface area contributed by atoms with Crippen molar-refractivity contribution in [1.82, 2.24) is 0 Å². The molecule has 1 aromatic carbocycles. The second kappa shape index (κ2) is 7.00. The van der Waals surface area contributed by atoms with E-state index >= 15 is 0 Å². The molecule has 17 heavy (non-hydrogen) atoms. The first-order valence-electron chi connectivity index (χ1n) is 4.93. The number of carboxylic acid groups (broad SMARTS) is 1. The molecule has 0 aliphatic heterocycles. The first-order valence-corrected chi connectivity index (χ1v) is 6.87. The average molecular weight is 321 g/mol. The number of rotatable bonds is 6. The lowest BCUT2D eigenvalue weighted by atomic mass is 10.1. The zero-order valence-corrected chi connectivity index (χ0v) is 11.4. The summed E-state index contributed by atoms with van der Waals surface area (Å²) < 4.78 is 0.739. The van der Waals surface area contributed by atoms with Gasteiger partial charge in [0.1, 0.15) is 0 Å². The van der Waals surface area contributed by atoms with Gasteiger partial charge in [0, 0.05) is 16.0 Å². The molecule has 0 saturated carbocycles. The number of aliphatic hydroxyl groups is 2. The summed E-state index contributed by atoms with van der Waals surface area (Å²) in [6.45, 7) is -0.244. The van der Waals surface area contributed by atoms with Crippen LogP contribution in [0.2, 0.25) is 0 Å². The van der Waals surface area contributed by atoms with Gasteiger partial charge >= 0.3 is 5.97 Å². The van der Waals surface area contributed by atoms with Crippen molar-refractivity contribution >= 4 is 33.7 Å². The van der Waals surface area contributed by atoms with Gasteiger partial charge in [0.25, 0.3) is 0 Å². The first kappa shape index (κ1) is 14.5. The molecule has 6 heteroatoms. The predicted octanol–water partition coefficient (Wildman–Crippen LogP) is 1.73. The second-order valence-electron chi connectivity index (χ2n) is 3.46. The van der Waals surface area contributed by atoms with Crippen molar-refractivity contribution in [3.63, 3.8) is 0 Å². The van der Waals surface area contributed by atoms with E-state index in [1.165, 1.54) is 11.8 Å². The Morgan fingerprint density at radius 1 is 1.47 bits per heavy atom. The standard InChI is InChI=1S/C11H13BrO4S/c12-10-3-7(11(15)16)1-2-8(10)5-17-6-9(14)4-13/h1-3,9,13-14H,4-6H2,(H,15,16). The lowest BCUT2D eigenvalue weighted by Crippen LogP contribution is -2.14. The topological polar surface area (TPSA) is 77.8 Å². The molecule has 1 aromatic rings. The minimum Gasteiger partial charge on any atom is -0.478 e. The summed E-state index contributed by atoms with van der Waals surface area (Å²) >= 11 is 4.79. The second-order valence-corrected chi connectivity index (χ2v) is 5.35. The van der Waals surface area contributed by atoms with Crippen LogP contribution in [-0.2, 0) is 5.75 Å².